The molecule has 0 aliphatic heterocycles. The quantitative estimate of drug-likeness (QED) is 0.560. The Morgan fingerprint density at radius 1 is 1.20 bits per heavy atom. The third-order valence-electron chi connectivity index (χ3n) is 3.31. The Labute approximate surface area is 145 Å². The molecule has 0 saturated heterocycles. The summed E-state index contributed by atoms with van der Waals surface area (Å²) in [7, 11) is -2.74. The molecule has 2 rings (SSSR count). The maximum atomic E-state index is 12.1. The lowest BCUT2D eigenvalue weighted by Gasteiger charge is -2.09. The number of hydrogen-bond acceptors (Lipinski definition) is 6. The Morgan fingerprint density at radius 2 is 1.84 bits per heavy atom. The minimum atomic E-state index is -3.97. The number of nitrogens with zero attached hydrogens (tertiary/aromatic N) is 2. The fourth-order valence-corrected chi connectivity index (χ4v) is 2.94. The molecule has 0 aliphatic carbocycles. The molecule has 0 aliphatic rings. The van der Waals surface area contributed by atoms with Crippen LogP contribution in [0.2, 0.25) is 0 Å². The lowest BCUT2D eigenvalue weighted by atomic mass is 10.2. The Kier molecular flexibility index (Phi) is 5.55. The summed E-state index contributed by atoms with van der Waals surface area (Å²) in [6, 6.07) is 6.92. The van der Waals surface area contributed by atoms with Gasteiger partial charge < -0.3 is 4.74 Å². The van der Waals surface area contributed by atoms with Crippen LogP contribution in [0.25, 0.3) is 0 Å². The number of aromatic nitrogens is 2. The van der Waals surface area contributed by atoms with E-state index in [1.54, 1.807) is 19.9 Å². The van der Waals surface area contributed by atoms with Gasteiger partial charge in [0.2, 0.25) is 0 Å². The van der Waals surface area contributed by atoms with Crippen LogP contribution < -0.4 is 10.3 Å². The van der Waals surface area contributed by atoms with Gasteiger partial charge in [-0.3, -0.25) is 14.9 Å². The van der Waals surface area contributed by atoms with Crippen LogP contribution in [0.15, 0.2) is 35.2 Å². The first kappa shape index (κ1) is 18.6. The van der Waals surface area contributed by atoms with Crippen molar-refractivity contribution in [3.63, 3.8) is 0 Å². The molecule has 0 unspecified atom stereocenters. The van der Waals surface area contributed by atoms with Crippen LogP contribution in [0.5, 0.6) is 0 Å². The number of amides is 1. The van der Waals surface area contributed by atoms with Gasteiger partial charge in [0.05, 0.1) is 23.3 Å². The van der Waals surface area contributed by atoms with Gasteiger partial charge in [0.15, 0.2) is 0 Å². The highest BCUT2D eigenvalue weighted by atomic mass is 32.2. The van der Waals surface area contributed by atoms with E-state index < -0.39 is 21.9 Å². The molecule has 0 fully saturated rings. The molecule has 9 nitrogen and oxygen atoms in total. The number of carbonyl (C=O) groups is 2. The van der Waals surface area contributed by atoms with Crippen LogP contribution in [0.1, 0.15) is 21.7 Å². The average molecular weight is 366 g/mol. The summed E-state index contributed by atoms with van der Waals surface area (Å²) in [5, 5.41) is 4.12. The summed E-state index contributed by atoms with van der Waals surface area (Å²) in [4.78, 5) is 25.1. The molecule has 2 N–H and O–H groups in total. The molecular weight excluding hydrogens is 348 g/mol. The first-order chi connectivity index (χ1) is 11.7. The fourth-order valence-electron chi connectivity index (χ4n) is 2.08. The number of aryl methyl sites for hydroxylation is 2. The van der Waals surface area contributed by atoms with Crippen molar-refractivity contribution in [2.45, 2.75) is 25.3 Å². The predicted octanol–water partition coefficient (Wildman–Crippen LogP) is 0.296. The number of methoxy groups -OCH3 is 1. The summed E-state index contributed by atoms with van der Waals surface area (Å²) in [6.45, 7) is 3.46. The summed E-state index contributed by atoms with van der Waals surface area (Å²) in [5.74, 6) is -1.14. The van der Waals surface area contributed by atoms with Gasteiger partial charge in [0.1, 0.15) is 6.54 Å². The van der Waals surface area contributed by atoms with E-state index in [4.69, 9.17) is 0 Å². The zero-order valence-corrected chi connectivity index (χ0v) is 14.8. The average Bonchev–Trinajstić information content (AvgIpc) is 2.89. The number of hydrogen-bond donors (Lipinski definition) is 2. The minimum Gasteiger partial charge on any atom is -0.465 e. The number of esters is 1. The minimum absolute atomic E-state index is 0.105. The first-order valence-electron chi connectivity index (χ1n) is 7.23. The van der Waals surface area contributed by atoms with Crippen molar-refractivity contribution in [2.75, 3.05) is 7.11 Å². The number of nitrogens with one attached hydrogen (secondary N) is 2. The van der Waals surface area contributed by atoms with Gasteiger partial charge in [0, 0.05) is 5.69 Å². The number of ether oxygens (including phenoxy) is 1. The van der Waals surface area contributed by atoms with E-state index in [-0.39, 0.29) is 17.0 Å². The van der Waals surface area contributed by atoms with E-state index in [0.29, 0.717) is 0 Å². The Hall–Kier alpha value is -2.72. The topological polar surface area (TPSA) is 119 Å². The SMILES string of the molecule is COC(=O)c1ccc(S(=O)(=O)NNC(=O)Cn2nc(C)cc2C)cc1. The van der Waals surface area contributed by atoms with Crippen LogP contribution in [0, 0.1) is 13.8 Å². The van der Waals surface area contributed by atoms with Crippen molar-refractivity contribution in [1.29, 1.82) is 0 Å². The number of benzene rings is 1. The third kappa shape index (κ3) is 4.64. The van der Waals surface area contributed by atoms with Crippen molar-refractivity contribution in [2.24, 2.45) is 0 Å². The molecule has 10 heteroatoms. The van der Waals surface area contributed by atoms with Crippen LogP contribution >= 0.6 is 0 Å². The molecule has 2 aromatic rings. The van der Waals surface area contributed by atoms with E-state index in [0.717, 1.165) is 11.4 Å². The van der Waals surface area contributed by atoms with Crippen molar-refractivity contribution in [3.05, 3.63) is 47.3 Å². The second-order valence-corrected chi connectivity index (χ2v) is 6.94. The van der Waals surface area contributed by atoms with Gasteiger partial charge in [-0.25, -0.2) is 13.2 Å². The van der Waals surface area contributed by atoms with Gasteiger partial charge >= 0.3 is 5.97 Å². The molecule has 1 heterocycles. The van der Waals surface area contributed by atoms with Crippen molar-refractivity contribution >= 4 is 21.9 Å². The second-order valence-electron chi connectivity index (χ2n) is 5.25. The molecule has 0 radical (unpaired) electrons. The van der Waals surface area contributed by atoms with Crippen molar-refractivity contribution in [1.82, 2.24) is 20.0 Å². The van der Waals surface area contributed by atoms with E-state index >= 15 is 0 Å². The number of rotatable bonds is 6. The Bertz CT molecular complexity index is 887. The van der Waals surface area contributed by atoms with E-state index in [1.165, 1.54) is 36.1 Å². The highest BCUT2D eigenvalue weighted by molar-refractivity contribution is 7.89. The number of sulfonamides is 1. The van der Waals surface area contributed by atoms with Gasteiger partial charge in [-0.05, 0) is 44.2 Å². The standard InChI is InChI=1S/C15H18N4O5S/c1-10-8-11(2)19(17-10)9-14(20)16-18-25(22,23)13-6-4-12(5-7-13)15(21)24-3/h4-8,18H,9H2,1-3H3,(H,16,20). The normalized spacial score (nSPS) is 11.2. The van der Waals surface area contributed by atoms with Crippen LogP contribution in [0.4, 0.5) is 0 Å². The maximum absolute atomic E-state index is 12.1. The summed E-state index contributed by atoms with van der Waals surface area (Å²) >= 11 is 0. The molecule has 0 spiro atoms. The molecule has 0 bridgehead atoms. The monoisotopic (exact) mass is 366 g/mol. The van der Waals surface area contributed by atoms with Gasteiger partial charge in [0.25, 0.3) is 15.9 Å². The first-order valence-corrected chi connectivity index (χ1v) is 8.71. The van der Waals surface area contributed by atoms with E-state index in [9.17, 15) is 18.0 Å². The molecule has 134 valence electrons. The van der Waals surface area contributed by atoms with Gasteiger partial charge in [-0.15, -0.1) is 4.83 Å². The zero-order valence-electron chi connectivity index (χ0n) is 13.9. The molecule has 0 saturated carbocycles. The second kappa shape index (κ2) is 7.45. The van der Waals surface area contributed by atoms with E-state index in [2.05, 4.69) is 15.3 Å². The highest BCUT2D eigenvalue weighted by Crippen LogP contribution is 2.10. The predicted molar refractivity (Wildman–Crippen MR) is 87.9 cm³/mol. The molecule has 1 aromatic heterocycles. The number of carbonyl (C=O) groups excluding carboxylic acids is 2. The van der Waals surface area contributed by atoms with Crippen LogP contribution in [-0.2, 0) is 26.1 Å². The lowest BCUT2D eigenvalue weighted by molar-refractivity contribution is -0.122. The Balaban J connectivity index is 2.00. The lowest BCUT2D eigenvalue weighted by Crippen LogP contribution is -2.43. The molecule has 1 amide bonds. The molecular formula is C15H18N4O5S. The van der Waals surface area contributed by atoms with Gasteiger partial charge in [-0.2, -0.15) is 5.10 Å². The smallest absolute Gasteiger partial charge is 0.337 e. The summed E-state index contributed by atoms with van der Waals surface area (Å²) in [5.41, 5.74) is 3.89. The fraction of sp³-hybridized carbons (Fsp3) is 0.267. The molecule has 25 heavy (non-hydrogen) atoms. The largest absolute Gasteiger partial charge is 0.465 e. The highest BCUT2D eigenvalue weighted by Gasteiger charge is 2.16. The summed E-state index contributed by atoms with van der Waals surface area (Å²) < 4.78 is 30.3. The number of hydrazine groups is 1. The third-order valence-corrected chi connectivity index (χ3v) is 4.57. The van der Waals surface area contributed by atoms with Crippen molar-refractivity contribution in [3.8, 4) is 0 Å². The zero-order chi connectivity index (χ0) is 18.6. The van der Waals surface area contributed by atoms with Gasteiger partial charge in [-0.1, -0.05) is 0 Å². The van der Waals surface area contributed by atoms with E-state index in [1.807, 2.05) is 4.83 Å². The van der Waals surface area contributed by atoms with Crippen LogP contribution in [-0.4, -0.2) is 37.2 Å². The molecule has 1 aromatic carbocycles. The van der Waals surface area contributed by atoms with Crippen LogP contribution in [0.3, 0.4) is 0 Å². The maximum Gasteiger partial charge on any atom is 0.337 e. The Morgan fingerprint density at radius 3 is 2.36 bits per heavy atom. The molecule has 0 atom stereocenters. The summed E-state index contributed by atoms with van der Waals surface area (Å²) in [6.07, 6.45) is 0. The van der Waals surface area contributed by atoms with Crippen molar-refractivity contribution < 1.29 is 22.7 Å².